The van der Waals surface area contributed by atoms with Crippen molar-refractivity contribution in [3.8, 4) is 6.07 Å². The zero-order valence-corrected chi connectivity index (χ0v) is 10.7. The van der Waals surface area contributed by atoms with E-state index in [2.05, 4.69) is 0 Å². The van der Waals surface area contributed by atoms with Crippen molar-refractivity contribution in [2.24, 2.45) is 11.7 Å². The number of nitrogens with zero attached hydrogens (tertiary/aromatic N) is 3. The summed E-state index contributed by atoms with van der Waals surface area (Å²) in [6.45, 7) is 0.542. The Hall–Kier alpha value is -2.13. The lowest BCUT2D eigenvalue weighted by molar-refractivity contribution is -0.385. The molecule has 0 bridgehead atoms. The van der Waals surface area contributed by atoms with Crippen LogP contribution < -0.4 is 10.6 Å². The van der Waals surface area contributed by atoms with E-state index in [0.29, 0.717) is 12.5 Å². The molecule has 0 aliphatic heterocycles. The molecular weight excluding hydrogens is 244 g/mol. The van der Waals surface area contributed by atoms with E-state index in [1.807, 2.05) is 18.0 Å². The molecule has 0 heterocycles. The van der Waals surface area contributed by atoms with Crippen molar-refractivity contribution in [1.82, 2.24) is 0 Å². The molecule has 6 nitrogen and oxygen atoms in total. The molecule has 1 aliphatic carbocycles. The van der Waals surface area contributed by atoms with Crippen molar-refractivity contribution < 1.29 is 4.92 Å². The molecule has 1 fully saturated rings. The largest absolute Gasteiger partial charge is 0.370 e. The van der Waals surface area contributed by atoms with Crippen LogP contribution in [0.1, 0.15) is 18.4 Å². The zero-order valence-electron chi connectivity index (χ0n) is 10.7. The van der Waals surface area contributed by atoms with E-state index in [-0.39, 0.29) is 17.3 Å². The summed E-state index contributed by atoms with van der Waals surface area (Å²) in [6, 6.07) is 6.71. The molecule has 6 heteroatoms. The van der Waals surface area contributed by atoms with E-state index < -0.39 is 4.92 Å². The number of benzene rings is 1. The number of nitriles is 1. The predicted molar refractivity (Wildman–Crippen MR) is 71.8 cm³/mol. The van der Waals surface area contributed by atoms with Crippen molar-refractivity contribution in [3.63, 3.8) is 0 Å². The first-order valence-corrected chi connectivity index (χ1v) is 6.20. The first-order chi connectivity index (χ1) is 9.08. The Morgan fingerprint density at radius 3 is 2.79 bits per heavy atom. The van der Waals surface area contributed by atoms with Crippen molar-refractivity contribution in [1.29, 1.82) is 5.26 Å². The fourth-order valence-electron chi connectivity index (χ4n) is 2.33. The normalized spacial score (nSPS) is 15.6. The van der Waals surface area contributed by atoms with Gasteiger partial charge in [0.25, 0.3) is 5.69 Å². The minimum atomic E-state index is -0.538. The van der Waals surface area contributed by atoms with Gasteiger partial charge in [-0.1, -0.05) is 0 Å². The van der Waals surface area contributed by atoms with Crippen molar-refractivity contribution >= 4 is 11.4 Å². The Morgan fingerprint density at radius 2 is 2.32 bits per heavy atom. The number of hydrogen-bond donors (Lipinski definition) is 1. The summed E-state index contributed by atoms with van der Waals surface area (Å²) in [5.41, 5.74) is 6.51. The summed E-state index contributed by atoms with van der Waals surface area (Å²) in [6.07, 6.45) is 2.34. The molecular formula is C13H16N4O2. The third kappa shape index (κ3) is 2.66. The van der Waals surface area contributed by atoms with Crippen LogP contribution in [0.2, 0.25) is 0 Å². The van der Waals surface area contributed by atoms with Gasteiger partial charge in [-0.2, -0.15) is 5.26 Å². The van der Waals surface area contributed by atoms with Crippen molar-refractivity contribution in [3.05, 3.63) is 33.9 Å². The van der Waals surface area contributed by atoms with Crippen LogP contribution in [0.25, 0.3) is 0 Å². The lowest BCUT2D eigenvalue weighted by Crippen LogP contribution is -2.39. The first kappa shape index (κ1) is 13.3. The number of hydrogen-bond acceptors (Lipinski definition) is 5. The van der Waals surface area contributed by atoms with Gasteiger partial charge in [-0.25, -0.2) is 0 Å². The van der Waals surface area contributed by atoms with Gasteiger partial charge in [-0.3, -0.25) is 10.1 Å². The number of nitro benzene ring substituents is 1. The minimum absolute atomic E-state index is 0.0842. The second-order valence-electron chi connectivity index (χ2n) is 4.82. The van der Waals surface area contributed by atoms with Crippen molar-refractivity contribution in [2.75, 3.05) is 18.5 Å². The van der Waals surface area contributed by atoms with Gasteiger partial charge in [-0.05, 0) is 30.9 Å². The molecule has 1 saturated carbocycles. The monoisotopic (exact) mass is 260 g/mol. The molecule has 1 aromatic rings. The van der Waals surface area contributed by atoms with Crippen LogP contribution >= 0.6 is 0 Å². The van der Waals surface area contributed by atoms with E-state index >= 15 is 0 Å². The minimum Gasteiger partial charge on any atom is -0.370 e. The van der Waals surface area contributed by atoms with Crippen LogP contribution in [0.3, 0.4) is 0 Å². The third-order valence-electron chi connectivity index (χ3n) is 3.61. The zero-order chi connectivity index (χ0) is 14.0. The second kappa shape index (κ2) is 5.24. The Balaban J connectivity index is 2.30. The molecule has 100 valence electrons. The van der Waals surface area contributed by atoms with E-state index in [1.54, 1.807) is 12.1 Å². The maximum atomic E-state index is 10.8. The smallest absolute Gasteiger partial charge is 0.287 e. The van der Waals surface area contributed by atoms with Crippen molar-refractivity contribution in [2.45, 2.75) is 18.9 Å². The molecule has 2 rings (SSSR count). The fourth-order valence-corrected chi connectivity index (χ4v) is 2.33. The van der Waals surface area contributed by atoms with E-state index in [4.69, 9.17) is 11.0 Å². The molecule has 0 aromatic heterocycles. The highest BCUT2D eigenvalue weighted by atomic mass is 16.6. The highest BCUT2D eigenvalue weighted by molar-refractivity contribution is 5.60. The highest BCUT2D eigenvalue weighted by Crippen LogP contribution is 2.36. The number of rotatable bonds is 5. The Bertz CT molecular complexity index is 534. The summed E-state index contributed by atoms with van der Waals surface area (Å²) >= 11 is 0. The lowest BCUT2D eigenvalue weighted by Gasteiger charge is -2.29. The quantitative estimate of drug-likeness (QED) is 0.641. The topological polar surface area (TPSA) is 96.2 Å². The standard InChI is InChI=1S/C13H16N4O2/c1-16(13(8-15)9-2-3-9)11-4-5-12(17(18)19)10(6-11)7-14/h4-6,9,13H,2-3,8,15H2,1H3. The molecule has 2 N–H and O–H groups in total. The average Bonchev–Trinajstić information content (AvgIpc) is 3.23. The Labute approximate surface area is 111 Å². The van der Waals surface area contributed by atoms with E-state index in [1.165, 1.54) is 18.9 Å². The van der Waals surface area contributed by atoms with Crippen LogP contribution in [-0.2, 0) is 0 Å². The summed E-state index contributed by atoms with van der Waals surface area (Å²) in [4.78, 5) is 12.3. The van der Waals surface area contributed by atoms with Gasteiger partial charge in [0.1, 0.15) is 11.6 Å². The van der Waals surface area contributed by atoms with Gasteiger partial charge in [0.15, 0.2) is 0 Å². The lowest BCUT2D eigenvalue weighted by atomic mass is 10.1. The molecule has 0 radical (unpaired) electrons. The molecule has 1 unspecified atom stereocenters. The Kier molecular flexibility index (Phi) is 3.67. The fraction of sp³-hybridized carbons (Fsp3) is 0.462. The predicted octanol–water partition coefficient (Wildman–Crippen LogP) is 1.64. The molecule has 0 amide bonds. The van der Waals surface area contributed by atoms with Gasteiger partial charge in [0.2, 0.25) is 0 Å². The van der Waals surface area contributed by atoms with Gasteiger partial charge in [0.05, 0.1) is 4.92 Å². The summed E-state index contributed by atoms with van der Waals surface area (Å²) < 4.78 is 0. The summed E-state index contributed by atoms with van der Waals surface area (Å²) in [5, 5.41) is 19.8. The molecule has 0 saturated heterocycles. The molecule has 1 aliphatic rings. The van der Waals surface area contributed by atoms with Crippen LogP contribution in [-0.4, -0.2) is 24.6 Å². The van der Waals surface area contributed by atoms with E-state index in [0.717, 1.165) is 5.69 Å². The van der Waals surface area contributed by atoms with Gasteiger partial charge >= 0.3 is 0 Å². The van der Waals surface area contributed by atoms with Crippen LogP contribution in [0.15, 0.2) is 18.2 Å². The van der Waals surface area contributed by atoms with Crippen LogP contribution in [0, 0.1) is 27.4 Å². The Morgan fingerprint density at radius 1 is 1.63 bits per heavy atom. The van der Waals surface area contributed by atoms with Crippen LogP contribution in [0.5, 0.6) is 0 Å². The highest BCUT2D eigenvalue weighted by Gasteiger charge is 2.33. The molecule has 1 aromatic carbocycles. The average molecular weight is 260 g/mol. The molecule has 19 heavy (non-hydrogen) atoms. The van der Waals surface area contributed by atoms with Crippen LogP contribution in [0.4, 0.5) is 11.4 Å². The third-order valence-corrected chi connectivity index (χ3v) is 3.61. The number of nitro groups is 1. The first-order valence-electron chi connectivity index (χ1n) is 6.20. The summed E-state index contributed by atoms with van der Waals surface area (Å²) in [5.74, 6) is 0.593. The number of likely N-dealkylation sites (N-methyl/N-ethyl adjacent to an activating group) is 1. The number of nitrogens with two attached hydrogens (primary N) is 1. The van der Waals surface area contributed by atoms with Gasteiger partial charge in [0, 0.05) is 31.4 Å². The second-order valence-corrected chi connectivity index (χ2v) is 4.82. The maximum Gasteiger partial charge on any atom is 0.287 e. The SMILES string of the molecule is CN(c1ccc([N+](=O)[O-])c(C#N)c1)C(CN)C1CC1. The maximum absolute atomic E-state index is 10.8. The van der Waals surface area contributed by atoms with Gasteiger partial charge < -0.3 is 10.6 Å². The van der Waals surface area contributed by atoms with E-state index in [9.17, 15) is 10.1 Å². The summed E-state index contributed by atoms with van der Waals surface area (Å²) in [7, 11) is 1.91. The molecule has 1 atom stereocenters. The van der Waals surface area contributed by atoms with Gasteiger partial charge in [-0.15, -0.1) is 0 Å². The number of anilines is 1. The molecule has 0 spiro atoms.